The number of alkyl halides is 1. The Balaban J connectivity index is 1.30. The molecular formula is C26H24I2O10. The van der Waals surface area contributed by atoms with Gasteiger partial charge in [-0.25, -0.2) is 4.79 Å². The molecule has 0 aromatic heterocycles. The zero-order valence-electron chi connectivity index (χ0n) is 19.8. The number of hydrogen-bond donors (Lipinski definition) is 2. The quantitative estimate of drug-likeness (QED) is 0.185. The van der Waals surface area contributed by atoms with Crippen molar-refractivity contribution in [2.75, 3.05) is 6.61 Å². The first-order valence-corrected chi connectivity index (χ1v) is 14.2. The molecule has 0 amide bonds. The third-order valence-electron chi connectivity index (χ3n) is 7.39. The maximum Gasteiger partial charge on any atom is 0.339 e. The Kier molecular flexibility index (Phi) is 7.86. The van der Waals surface area contributed by atoms with E-state index in [0.29, 0.717) is 9.13 Å². The minimum absolute atomic E-state index is 0.0615. The van der Waals surface area contributed by atoms with Crippen LogP contribution in [0, 0.1) is 21.3 Å². The van der Waals surface area contributed by atoms with Gasteiger partial charge in [0.15, 0.2) is 6.10 Å². The first-order chi connectivity index (χ1) is 18.1. The molecule has 3 aliphatic heterocycles. The zero-order chi connectivity index (χ0) is 27.2. The average Bonchev–Trinajstić information content (AvgIpc) is 3.40. The maximum atomic E-state index is 12.9. The van der Waals surface area contributed by atoms with Gasteiger partial charge in [-0.05, 0) is 34.7 Å². The fraction of sp³-hybridized carbons (Fsp3) is 0.462. The molecule has 0 bridgehead atoms. The molecule has 0 saturated carbocycles. The highest BCUT2D eigenvalue weighted by Gasteiger charge is 2.63. The van der Waals surface area contributed by atoms with Gasteiger partial charge in [-0.2, -0.15) is 0 Å². The first-order valence-electron chi connectivity index (χ1n) is 12.0. The molecule has 9 atom stereocenters. The Labute approximate surface area is 245 Å². The number of ether oxygens (including phenoxy) is 4. The summed E-state index contributed by atoms with van der Waals surface area (Å²) in [4.78, 5) is 49.8. The Morgan fingerprint density at radius 3 is 2.66 bits per heavy atom. The number of hydrogen-bond acceptors (Lipinski definition) is 9. The number of carboxylic acid groups (broad SMARTS) is 1. The minimum Gasteiger partial charge on any atom is -0.481 e. The number of cyclic esters (lactones) is 2. The third kappa shape index (κ3) is 5.11. The number of fused-ring (bicyclic) bond motifs is 3. The van der Waals surface area contributed by atoms with Crippen molar-refractivity contribution in [3.63, 3.8) is 0 Å². The van der Waals surface area contributed by atoms with Crippen molar-refractivity contribution >= 4 is 69.1 Å². The number of carbonyl (C=O) groups is 4. The van der Waals surface area contributed by atoms with E-state index >= 15 is 0 Å². The molecule has 3 heterocycles. The van der Waals surface area contributed by atoms with E-state index in [1.807, 2.05) is 22.6 Å². The summed E-state index contributed by atoms with van der Waals surface area (Å²) in [6.45, 7) is -0.420. The first kappa shape index (κ1) is 27.5. The summed E-state index contributed by atoms with van der Waals surface area (Å²) in [5.74, 6) is -4.92. The van der Waals surface area contributed by atoms with Crippen LogP contribution in [0.25, 0.3) is 0 Å². The van der Waals surface area contributed by atoms with Gasteiger partial charge in [-0.15, -0.1) is 0 Å². The van der Waals surface area contributed by atoms with E-state index in [9.17, 15) is 29.4 Å². The number of allylic oxidation sites excluding steroid dienone is 3. The van der Waals surface area contributed by atoms with Crippen LogP contribution in [0.15, 0.2) is 48.6 Å². The van der Waals surface area contributed by atoms with Crippen molar-refractivity contribution in [2.45, 2.75) is 46.8 Å². The molecule has 1 aromatic carbocycles. The molecule has 0 radical (unpaired) electrons. The number of aliphatic hydroxyl groups excluding tert-OH is 1. The van der Waals surface area contributed by atoms with E-state index in [1.54, 1.807) is 48.6 Å². The second kappa shape index (κ2) is 10.8. The lowest BCUT2D eigenvalue weighted by atomic mass is 9.77. The highest BCUT2D eigenvalue weighted by molar-refractivity contribution is 14.1. The van der Waals surface area contributed by atoms with E-state index in [-0.39, 0.29) is 12.8 Å². The summed E-state index contributed by atoms with van der Waals surface area (Å²) in [7, 11) is 0. The second-order valence-corrected chi connectivity index (χ2v) is 12.9. The van der Waals surface area contributed by atoms with Crippen LogP contribution in [0.1, 0.15) is 23.2 Å². The van der Waals surface area contributed by atoms with Gasteiger partial charge in [0.25, 0.3) is 0 Å². The van der Waals surface area contributed by atoms with Gasteiger partial charge in [-0.3, -0.25) is 14.4 Å². The molecule has 0 spiro atoms. The van der Waals surface area contributed by atoms with Crippen molar-refractivity contribution in [1.82, 2.24) is 0 Å². The molecule has 1 aromatic rings. The number of carbonyl (C=O) groups excluding carboxylic acids is 3. The highest BCUT2D eigenvalue weighted by Crippen LogP contribution is 2.49. The van der Waals surface area contributed by atoms with Crippen LogP contribution < -0.4 is 0 Å². The summed E-state index contributed by atoms with van der Waals surface area (Å²) in [6, 6.07) is 6.84. The van der Waals surface area contributed by atoms with E-state index in [0.717, 1.165) is 0 Å². The number of rotatable bonds is 7. The summed E-state index contributed by atoms with van der Waals surface area (Å²) in [5, 5.41) is 20.5. The summed E-state index contributed by atoms with van der Waals surface area (Å²) in [5.41, 5.74) is 0.349. The molecule has 2 unspecified atom stereocenters. The largest absolute Gasteiger partial charge is 0.481 e. The molecule has 3 fully saturated rings. The molecule has 4 aliphatic rings. The number of esters is 3. The van der Waals surface area contributed by atoms with Crippen LogP contribution in [0.3, 0.4) is 0 Å². The SMILES string of the molecule is O=C1C[C@H]2[C@H](O[C@@H]3[C@@H]([C@H](O)COC(=O)c4ccccc4I)OC(=O)[C@H]23)[C@@H](CC2(I)C=CC=CC2C(=O)O)O1. The van der Waals surface area contributed by atoms with Crippen LogP contribution in [0.2, 0.25) is 0 Å². The van der Waals surface area contributed by atoms with E-state index < -0.39 is 82.2 Å². The molecule has 12 heteroatoms. The van der Waals surface area contributed by atoms with Crippen molar-refractivity contribution < 1.29 is 48.3 Å². The number of carboxylic acids is 1. The Bertz CT molecular complexity index is 1210. The minimum atomic E-state index is -1.35. The normalized spacial score (nSPS) is 36.1. The Morgan fingerprint density at radius 1 is 1.16 bits per heavy atom. The van der Waals surface area contributed by atoms with Crippen LogP contribution in [-0.4, -0.2) is 74.6 Å². The number of halogens is 2. The fourth-order valence-corrected chi connectivity index (χ4v) is 7.35. The number of benzene rings is 1. The van der Waals surface area contributed by atoms with E-state index in [1.165, 1.54) is 0 Å². The molecule has 5 rings (SSSR count). The Morgan fingerprint density at radius 2 is 1.92 bits per heavy atom. The maximum absolute atomic E-state index is 12.9. The van der Waals surface area contributed by atoms with Crippen molar-refractivity contribution in [3.05, 3.63) is 57.7 Å². The Hall–Kier alpha value is -2.04. The van der Waals surface area contributed by atoms with Gasteiger partial charge in [0, 0.05) is 15.9 Å². The van der Waals surface area contributed by atoms with E-state index in [4.69, 9.17) is 18.9 Å². The lowest BCUT2D eigenvalue weighted by Gasteiger charge is -2.39. The van der Waals surface area contributed by atoms with Gasteiger partial charge in [0.2, 0.25) is 0 Å². The number of aliphatic hydroxyl groups is 1. The smallest absolute Gasteiger partial charge is 0.339 e. The monoisotopic (exact) mass is 750 g/mol. The van der Waals surface area contributed by atoms with Crippen LogP contribution in [0.4, 0.5) is 0 Å². The molecular weight excluding hydrogens is 726 g/mol. The van der Waals surface area contributed by atoms with Crippen molar-refractivity contribution in [3.8, 4) is 0 Å². The molecule has 202 valence electrons. The van der Waals surface area contributed by atoms with Crippen molar-refractivity contribution in [1.29, 1.82) is 0 Å². The lowest BCUT2D eigenvalue weighted by Crippen LogP contribution is -2.49. The zero-order valence-corrected chi connectivity index (χ0v) is 24.1. The van der Waals surface area contributed by atoms with Crippen LogP contribution in [0.5, 0.6) is 0 Å². The predicted octanol–water partition coefficient (Wildman–Crippen LogP) is 2.44. The summed E-state index contributed by atoms with van der Waals surface area (Å²) < 4.78 is 22.4. The van der Waals surface area contributed by atoms with Crippen molar-refractivity contribution in [2.24, 2.45) is 17.8 Å². The van der Waals surface area contributed by atoms with Gasteiger partial charge in [0.1, 0.15) is 24.9 Å². The van der Waals surface area contributed by atoms with E-state index in [2.05, 4.69) is 22.6 Å². The van der Waals surface area contributed by atoms with Crippen LogP contribution in [-0.2, 0) is 33.3 Å². The standard InChI is InChI=1S/C26H24I2O10/c27-15-7-2-1-5-12(15)24(33)35-11-16(29)21-22-19(25(34)38-21)13-9-18(30)36-17(20(13)37-22)10-26(28)8-4-3-6-14(26)23(31)32/h1-8,13-14,16-17,19-22,29H,9-11H2,(H,31,32)/t13-,14?,16-,17-,19-,20+,21-,22+,26?/m1/s1. The van der Waals surface area contributed by atoms with Gasteiger partial charge >= 0.3 is 23.9 Å². The van der Waals surface area contributed by atoms with Gasteiger partial charge in [0.05, 0.1) is 33.3 Å². The summed E-state index contributed by atoms with van der Waals surface area (Å²) in [6.07, 6.45) is 2.05. The second-order valence-electron chi connectivity index (χ2n) is 9.73. The summed E-state index contributed by atoms with van der Waals surface area (Å²) >= 11 is 4.07. The third-order valence-corrected chi connectivity index (χ3v) is 9.81. The van der Waals surface area contributed by atoms with Gasteiger partial charge < -0.3 is 29.2 Å². The molecule has 1 aliphatic carbocycles. The topological polar surface area (TPSA) is 146 Å². The predicted molar refractivity (Wildman–Crippen MR) is 146 cm³/mol. The molecule has 10 nitrogen and oxygen atoms in total. The van der Waals surface area contributed by atoms with Gasteiger partial charge in [-0.1, -0.05) is 59.0 Å². The van der Waals surface area contributed by atoms with Crippen LogP contribution >= 0.6 is 45.2 Å². The highest BCUT2D eigenvalue weighted by atomic mass is 127. The molecule has 3 saturated heterocycles. The number of aliphatic carboxylic acids is 1. The molecule has 38 heavy (non-hydrogen) atoms. The molecule has 2 N–H and O–H groups in total. The lowest BCUT2D eigenvalue weighted by molar-refractivity contribution is -0.180. The fourth-order valence-electron chi connectivity index (χ4n) is 5.63. The average molecular weight is 750 g/mol.